The Labute approximate surface area is 296 Å². The van der Waals surface area contributed by atoms with E-state index < -0.39 is 0 Å². The summed E-state index contributed by atoms with van der Waals surface area (Å²) < 4.78 is 7.68. The SMILES string of the molecule is Cc1c[c-]c(-c2ccc(C)cn2)cc1.Cc1cnc(-c2[c-]ccc3c2oc2c3ccc3sc(C(C)(C)C)nc32)cc1CC(C)(C)C.[Ir]. The van der Waals surface area contributed by atoms with E-state index in [0.717, 1.165) is 66.1 Å². The van der Waals surface area contributed by atoms with Gasteiger partial charge in [-0.15, -0.1) is 64.9 Å². The average molecular weight is 816 g/mol. The van der Waals surface area contributed by atoms with Crippen molar-refractivity contribution < 1.29 is 24.5 Å². The minimum absolute atomic E-state index is 0. The van der Waals surface area contributed by atoms with Crippen molar-refractivity contribution in [2.75, 3.05) is 0 Å². The first-order valence-electron chi connectivity index (χ1n) is 15.8. The summed E-state index contributed by atoms with van der Waals surface area (Å²) in [5.41, 5.74) is 11.6. The number of furan rings is 1. The molecular weight excluding hydrogens is 775 g/mol. The van der Waals surface area contributed by atoms with Crippen LogP contribution >= 0.6 is 11.3 Å². The van der Waals surface area contributed by atoms with E-state index in [9.17, 15) is 0 Å². The van der Waals surface area contributed by atoms with Crippen molar-refractivity contribution in [2.45, 2.75) is 74.1 Å². The van der Waals surface area contributed by atoms with E-state index in [0.29, 0.717) is 0 Å². The Morgan fingerprint density at radius 2 is 1.49 bits per heavy atom. The summed E-state index contributed by atoms with van der Waals surface area (Å²) in [5, 5.41) is 3.30. The van der Waals surface area contributed by atoms with E-state index in [2.05, 4.69) is 109 Å². The van der Waals surface area contributed by atoms with Gasteiger partial charge >= 0.3 is 0 Å². The van der Waals surface area contributed by atoms with Crippen LogP contribution in [0.4, 0.5) is 0 Å². The summed E-state index contributed by atoms with van der Waals surface area (Å²) in [6.45, 7) is 19.6. The van der Waals surface area contributed by atoms with Crippen LogP contribution in [0.2, 0.25) is 0 Å². The minimum atomic E-state index is 0. The maximum Gasteiger partial charge on any atom is 0.148 e. The predicted molar refractivity (Wildman–Crippen MR) is 194 cm³/mol. The molecule has 6 heteroatoms. The van der Waals surface area contributed by atoms with Crippen LogP contribution in [0, 0.1) is 38.3 Å². The molecule has 0 aliphatic rings. The van der Waals surface area contributed by atoms with Gasteiger partial charge in [0.1, 0.15) is 11.1 Å². The Kier molecular flexibility index (Phi) is 9.89. The first kappa shape index (κ1) is 34.6. The van der Waals surface area contributed by atoms with Crippen molar-refractivity contribution in [3.8, 4) is 22.5 Å². The van der Waals surface area contributed by atoms with Gasteiger partial charge in [0.05, 0.1) is 15.3 Å². The summed E-state index contributed by atoms with van der Waals surface area (Å²) in [6, 6.07) is 27.4. The Morgan fingerprint density at radius 3 is 2.15 bits per heavy atom. The van der Waals surface area contributed by atoms with Crippen molar-refractivity contribution in [2.24, 2.45) is 5.41 Å². The molecule has 47 heavy (non-hydrogen) atoms. The molecule has 0 saturated carbocycles. The van der Waals surface area contributed by atoms with E-state index in [-0.39, 0.29) is 30.9 Å². The summed E-state index contributed by atoms with van der Waals surface area (Å²) in [5.74, 6) is 0. The first-order valence-corrected chi connectivity index (χ1v) is 16.6. The van der Waals surface area contributed by atoms with Crippen LogP contribution in [0.25, 0.3) is 54.7 Å². The van der Waals surface area contributed by atoms with Gasteiger partial charge in [0, 0.05) is 43.3 Å². The molecule has 1 radical (unpaired) electrons. The van der Waals surface area contributed by atoms with Gasteiger partial charge in [0.2, 0.25) is 0 Å². The number of thiazole rings is 1. The number of aromatic nitrogens is 3. The minimum Gasteiger partial charge on any atom is -0.498 e. The summed E-state index contributed by atoms with van der Waals surface area (Å²) in [6.07, 6.45) is 4.85. The standard InChI is InChI=1S/C28H29N2OS.C13H12N.Ir/c1-16-15-29-21(13-17(16)14-27(2,3)4)20-10-8-9-18-19-11-12-22-23(25(19)31-24(18)20)30-26(32-22)28(5,6)7;1-10-3-6-12(7-4-10)13-8-5-11(2)9-14-13;/h8-9,11-13,15H,14H2,1-7H3;3-6,8-9H,1-2H3;/q2*-1;. The molecule has 243 valence electrons. The van der Waals surface area contributed by atoms with Crippen LogP contribution in [0.3, 0.4) is 0 Å². The van der Waals surface area contributed by atoms with Gasteiger partial charge in [-0.1, -0.05) is 89.2 Å². The number of pyridine rings is 2. The molecule has 0 saturated heterocycles. The molecule has 0 atom stereocenters. The maximum absolute atomic E-state index is 6.52. The van der Waals surface area contributed by atoms with Crippen molar-refractivity contribution in [3.05, 3.63) is 112 Å². The van der Waals surface area contributed by atoms with Gasteiger partial charge in [-0.3, -0.25) is 0 Å². The zero-order valence-corrected chi connectivity index (χ0v) is 31.8. The van der Waals surface area contributed by atoms with Crippen molar-refractivity contribution in [1.29, 1.82) is 0 Å². The van der Waals surface area contributed by atoms with Crippen molar-refractivity contribution >= 4 is 43.5 Å². The van der Waals surface area contributed by atoms with Gasteiger partial charge in [-0.2, -0.15) is 0 Å². The molecule has 0 spiro atoms. The second-order valence-electron chi connectivity index (χ2n) is 14.5. The molecule has 0 N–H and O–H groups in total. The third kappa shape index (κ3) is 7.56. The van der Waals surface area contributed by atoms with Gasteiger partial charge < -0.3 is 14.4 Å². The number of benzene rings is 3. The second kappa shape index (κ2) is 13.4. The van der Waals surface area contributed by atoms with Crippen LogP contribution in [0.5, 0.6) is 0 Å². The molecule has 0 bridgehead atoms. The number of rotatable bonds is 3. The molecule has 0 unspecified atom stereocenters. The third-order valence-electron chi connectivity index (χ3n) is 7.95. The number of aryl methyl sites for hydroxylation is 3. The van der Waals surface area contributed by atoms with Gasteiger partial charge in [-0.25, -0.2) is 4.98 Å². The smallest absolute Gasteiger partial charge is 0.148 e. The number of nitrogens with zero attached hydrogens (tertiary/aromatic N) is 3. The van der Waals surface area contributed by atoms with Crippen LogP contribution in [0.1, 0.15) is 68.8 Å². The predicted octanol–water partition coefficient (Wildman–Crippen LogP) is 11.4. The molecule has 0 amide bonds. The maximum atomic E-state index is 6.52. The molecule has 7 aromatic rings. The normalized spacial score (nSPS) is 11.9. The Balaban J connectivity index is 0.000000243. The average Bonchev–Trinajstić information content (AvgIpc) is 3.61. The molecule has 0 fully saturated rings. The van der Waals surface area contributed by atoms with Crippen LogP contribution in [-0.4, -0.2) is 15.0 Å². The molecule has 4 nitrogen and oxygen atoms in total. The van der Waals surface area contributed by atoms with Gasteiger partial charge in [0.25, 0.3) is 0 Å². The number of hydrogen-bond acceptors (Lipinski definition) is 5. The van der Waals surface area contributed by atoms with E-state index in [4.69, 9.17) is 14.4 Å². The largest absolute Gasteiger partial charge is 0.498 e. The molecule has 4 heterocycles. The molecule has 0 aliphatic heterocycles. The number of hydrogen-bond donors (Lipinski definition) is 0. The van der Waals surface area contributed by atoms with E-state index in [1.54, 1.807) is 11.3 Å². The topological polar surface area (TPSA) is 51.8 Å². The zero-order chi connectivity index (χ0) is 32.8. The Bertz CT molecular complexity index is 2120. The van der Waals surface area contributed by atoms with Crippen LogP contribution in [-0.2, 0) is 31.9 Å². The monoisotopic (exact) mass is 816 g/mol. The molecular formula is C41H41IrN3OS-2. The quantitative estimate of drug-likeness (QED) is 0.167. The van der Waals surface area contributed by atoms with Gasteiger partial charge in [-0.05, 0) is 54.3 Å². The summed E-state index contributed by atoms with van der Waals surface area (Å²) in [4.78, 5) is 14.1. The summed E-state index contributed by atoms with van der Waals surface area (Å²) in [7, 11) is 0. The Morgan fingerprint density at radius 1 is 0.766 bits per heavy atom. The van der Waals surface area contributed by atoms with E-state index >= 15 is 0 Å². The fourth-order valence-corrected chi connectivity index (χ4v) is 6.48. The number of fused-ring (bicyclic) bond motifs is 5. The third-order valence-corrected chi connectivity index (χ3v) is 9.39. The fourth-order valence-electron chi connectivity index (χ4n) is 5.45. The molecule has 7 rings (SSSR count). The van der Waals surface area contributed by atoms with E-state index in [1.807, 2.05) is 43.6 Å². The van der Waals surface area contributed by atoms with Gasteiger partial charge in [0.15, 0.2) is 0 Å². The van der Waals surface area contributed by atoms with Crippen molar-refractivity contribution in [3.63, 3.8) is 0 Å². The Hall–Kier alpha value is -3.70. The molecule has 0 aliphatic carbocycles. The molecule has 4 aromatic heterocycles. The fraction of sp³-hybridized carbons (Fsp3) is 0.293. The molecule has 3 aromatic carbocycles. The van der Waals surface area contributed by atoms with Crippen LogP contribution < -0.4 is 0 Å². The van der Waals surface area contributed by atoms with Crippen LogP contribution in [0.15, 0.2) is 77.5 Å². The first-order chi connectivity index (χ1) is 21.8. The van der Waals surface area contributed by atoms with E-state index in [1.165, 1.54) is 22.3 Å². The summed E-state index contributed by atoms with van der Waals surface area (Å²) >= 11 is 1.75. The van der Waals surface area contributed by atoms with Crippen molar-refractivity contribution in [1.82, 2.24) is 15.0 Å². The zero-order valence-electron chi connectivity index (χ0n) is 28.6. The second-order valence-corrected chi connectivity index (χ2v) is 15.5.